The molecule has 3 heteroatoms. The topological polar surface area (TPSA) is 18.5 Å². The molecular formula is C7H13ClO2. The van der Waals surface area contributed by atoms with Crippen LogP contribution in [0.2, 0.25) is 0 Å². The molecule has 0 radical (unpaired) electrons. The average Bonchev–Trinajstić information content (AvgIpc) is 2.30. The molecule has 2 unspecified atom stereocenters. The molecule has 1 rings (SSSR count). The fourth-order valence-electron chi connectivity index (χ4n) is 1.40. The van der Waals surface area contributed by atoms with E-state index in [1.165, 1.54) is 0 Å². The van der Waals surface area contributed by atoms with Gasteiger partial charge in [0.25, 0.3) is 0 Å². The van der Waals surface area contributed by atoms with E-state index in [1.807, 2.05) is 0 Å². The Morgan fingerprint density at radius 3 is 1.80 bits per heavy atom. The summed E-state index contributed by atoms with van der Waals surface area (Å²) in [5, 5.41) is 0.231. The zero-order chi connectivity index (χ0) is 7.56. The van der Waals surface area contributed by atoms with Gasteiger partial charge >= 0.3 is 0 Å². The van der Waals surface area contributed by atoms with E-state index >= 15 is 0 Å². The molecule has 0 N–H and O–H groups in total. The van der Waals surface area contributed by atoms with E-state index < -0.39 is 0 Å². The van der Waals surface area contributed by atoms with E-state index in [9.17, 15) is 0 Å². The first kappa shape index (κ1) is 8.31. The molecule has 1 saturated carbocycles. The van der Waals surface area contributed by atoms with E-state index in [0.29, 0.717) is 0 Å². The van der Waals surface area contributed by atoms with Gasteiger partial charge in [-0.1, -0.05) is 0 Å². The van der Waals surface area contributed by atoms with E-state index in [2.05, 4.69) is 0 Å². The van der Waals surface area contributed by atoms with Gasteiger partial charge in [0, 0.05) is 19.6 Å². The Morgan fingerprint density at radius 2 is 1.50 bits per heavy atom. The Hall–Kier alpha value is 0.210. The minimum absolute atomic E-state index is 0.201. The Morgan fingerprint density at radius 1 is 1.10 bits per heavy atom. The Balaban J connectivity index is 2.41. The predicted molar refractivity (Wildman–Crippen MR) is 40.5 cm³/mol. The van der Waals surface area contributed by atoms with Gasteiger partial charge in [0.1, 0.15) is 0 Å². The number of rotatable bonds is 2. The van der Waals surface area contributed by atoms with Gasteiger partial charge in [0.2, 0.25) is 0 Å². The first-order valence-electron chi connectivity index (χ1n) is 3.47. The molecule has 0 spiro atoms. The van der Waals surface area contributed by atoms with Crippen LogP contribution in [0.4, 0.5) is 0 Å². The van der Waals surface area contributed by atoms with Gasteiger partial charge in [-0.05, 0) is 12.8 Å². The molecule has 10 heavy (non-hydrogen) atoms. The Labute approximate surface area is 66.5 Å². The maximum absolute atomic E-state index is 5.90. The Bertz CT molecular complexity index is 95.8. The van der Waals surface area contributed by atoms with Crippen LogP contribution in [0.15, 0.2) is 0 Å². The fourth-order valence-corrected chi connectivity index (χ4v) is 1.75. The summed E-state index contributed by atoms with van der Waals surface area (Å²) in [7, 11) is 3.40. The predicted octanol–water partition coefficient (Wildman–Crippen LogP) is 1.42. The van der Waals surface area contributed by atoms with Crippen molar-refractivity contribution in [3.8, 4) is 0 Å². The van der Waals surface area contributed by atoms with Gasteiger partial charge in [-0.15, -0.1) is 11.6 Å². The maximum atomic E-state index is 5.90. The fraction of sp³-hybridized carbons (Fsp3) is 1.00. The molecule has 0 aromatic heterocycles. The highest BCUT2D eigenvalue weighted by Gasteiger charge is 2.33. The van der Waals surface area contributed by atoms with Crippen molar-refractivity contribution in [1.29, 1.82) is 0 Å². The van der Waals surface area contributed by atoms with Crippen LogP contribution >= 0.6 is 11.6 Å². The van der Waals surface area contributed by atoms with Crippen LogP contribution in [0.3, 0.4) is 0 Å². The third-order valence-corrected chi connectivity index (χ3v) is 2.35. The van der Waals surface area contributed by atoms with Gasteiger partial charge in [-0.3, -0.25) is 0 Å². The number of halogens is 1. The van der Waals surface area contributed by atoms with Crippen molar-refractivity contribution < 1.29 is 9.47 Å². The second kappa shape index (κ2) is 3.56. The van der Waals surface area contributed by atoms with E-state index in [0.717, 1.165) is 12.8 Å². The summed E-state index contributed by atoms with van der Waals surface area (Å²) in [4.78, 5) is 0. The number of hydrogen-bond donors (Lipinski definition) is 0. The lowest BCUT2D eigenvalue weighted by molar-refractivity contribution is -0.0157. The smallest absolute Gasteiger partial charge is 0.0847 e. The molecule has 1 aliphatic rings. The molecule has 0 heterocycles. The van der Waals surface area contributed by atoms with Gasteiger partial charge in [0.15, 0.2) is 0 Å². The SMILES string of the molecule is COC1CC(Cl)CC1OC. The Kier molecular flexibility index (Phi) is 2.96. The molecule has 0 saturated heterocycles. The van der Waals surface area contributed by atoms with Crippen LogP contribution < -0.4 is 0 Å². The summed E-state index contributed by atoms with van der Waals surface area (Å²) >= 11 is 5.90. The molecule has 2 nitrogen and oxygen atoms in total. The van der Waals surface area contributed by atoms with E-state index in [-0.39, 0.29) is 17.6 Å². The summed E-state index contributed by atoms with van der Waals surface area (Å²) < 4.78 is 10.4. The second-order valence-corrected chi connectivity index (χ2v) is 3.23. The summed E-state index contributed by atoms with van der Waals surface area (Å²) in [6, 6.07) is 0. The molecular weight excluding hydrogens is 152 g/mol. The highest BCUT2D eigenvalue weighted by molar-refractivity contribution is 6.20. The minimum Gasteiger partial charge on any atom is -0.379 e. The quantitative estimate of drug-likeness (QED) is 0.575. The number of hydrogen-bond acceptors (Lipinski definition) is 2. The minimum atomic E-state index is 0.201. The lowest BCUT2D eigenvalue weighted by Gasteiger charge is -2.15. The molecule has 1 aliphatic carbocycles. The van der Waals surface area contributed by atoms with Crippen molar-refractivity contribution in [2.75, 3.05) is 14.2 Å². The third kappa shape index (κ3) is 1.62. The molecule has 60 valence electrons. The van der Waals surface area contributed by atoms with Crippen LogP contribution in [0.25, 0.3) is 0 Å². The van der Waals surface area contributed by atoms with Crippen molar-refractivity contribution in [2.45, 2.75) is 30.4 Å². The standard InChI is InChI=1S/C7H13ClO2/c1-9-6-3-5(8)4-7(6)10-2/h5-7H,3-4H2,1-2H3. The zero-order valence-corrected chi connectivity index (χ0v) is 7.10. The number of alkyl halides is 1. The lowest BCUT2D eigenvalue weighted by Crippen LogP contribution is -2.23. The van der Waals surface area contributed by atoms with Crippen molar-refractivity contribution in [3.63, 3.8) is 0 Å². The normalized spacial score (nSPS) is 40.5. The summed E-state index contributed by atoms with van der Waals surface area (Å²) in [6.45, 7) is 0. The van der Waals surface area contributed by atoms with E-state index in [4.69, 9.17) is 21.1 Å². The molecule has 0 bridgehead atoms. The first-order chi connectivity index (χ1) is 4.77. The summed E-state index contributed by atoms with van der Waals surface area (Å²) in [5.74, 6) is 0. The van der Waals surface area contributed by atoms with Gasteiger partial charge < -0.3 is 9.47 Å². The monoisotopic (exact) mass is 164 g/mol. The molecule has 0 aromatic carbocycles. The molecule has 0 amide bonds. The highest BCUT2D eigenvalue weighted by Crippen LogP contribution is 2.28. The average molecular weight is 165 g/mol. The summed E-state index contributed by atoms with van der Waals surface area (Å²) in [5.41, 5.74) is 0. The lowest BCUT2D eigenvalue weighted by atomic mass is 10.3. The molecule has 0 aliphatic heterocycles. The van der Waals surface area contributed by atoms with Crippen molar-refractivity contribution in [1.82, 2.24) is 0 Å². The van der Waals surface area contributed by atoms with Gasteiger partial charge in [0.05, 0.1) is 12.2 Å². The van der Waals surface area contributed by atoms with Gasteiger partial charge in [-0.2, -0.15) is 0 Å². The number of methoxy groups -OCH3 is 2. The van der Waals surface area contributed by atoms with Crippen LogP contribution in [-0.4, -0.2) is 31.8 Å². The molecule has 2 atom stereocenters. The van der Waals surface area contributed by atoms with Crippen LogP contribution in [0, 0.1) is 0 Å². The maximum Gasteiger partial charge on any atom is 0.0847 e. The zero-order valence-electron chi connectivity index (χ0n) is 6.34. The van der Waals surface area contributed by atoms with Crippen molar-refractivity contribution in [3.05, 3.63) is 0 Å². The highest BCUT2D eigenvalue weighted by atomic mass is 35.5. The van der Waals surface area contributed by atoms with Crippen LogP contribution in [0.1, 0.15) is 12.8 Å². The first-order valence-corrected chi connectivity index (χ1v) is 3.91. The van der Waals surface area contributed by atoms with Crippen molar-refractivity contribution in [2.24, 2.45) is 0 Å². The number of ether oxygens (including phenoxy) is 2. The largest absolute Gasteiger partial charge is 0.379 e. The van der Waals surface area contributed by atoms with Crippen LogP contribution in [0.5, 0.6) is 0 Å². The van der Waals surface area contributed by atoms with Crippen molar-refractivity contribution >= 4 is 11.6 Å². The van der Waals surface area contributed by atoms with E-state index in [1.54, 1.807) is 14.2 Å². The second-order valence-electron chi connectivity index (χ2n) is 2.62. The van der Waals surface area contributed by atoms with Gasteiger partial charge in [-0.25, -0.2) is 0 Å². The molecule has 0 aromatic rings. The van der Waals surface area contributed by atoms with Crippen LogP contribution in [-0.2, 0) is 9.47 Å². The summed E-state index contributed by atoms with van der Waals surface area (Å²) in [6.07, 6.45) is 2.23. The molecule has 1 fully saturated rings. The third-order valence-electron chi connectivity index (χ3n) is 2.00.